The molecule has 0 radical (unpaired) electrons. The van der Waals surface area contributed by atoms with Gasteiger partial charge in [0.15, 0.2) is 11.9 Å². The van der Waals surface area contributed by atoms with Crippen LogP contribution in [0.15, 0.2) is 36.4 Å². The molecule has 3 rings (SSSR count). The summed E-state index contributed by atoms with van der Waals surface area (Å²) in [5, 5.41) is 0. The van der Waals surface area contributed by atoms with E-state index in [1.165, 1.54) is 0 Å². The summed E-state index contributed by atoms with van der Waals surface area (Å²) < 4.78 is 7.50. The predicted octanol–water partition coefficient (Wildman–Crippen LogP) is 3.76. The Hall–Kier alpha value is -2.36. The molecule has 0 amide bonds. The molecule has 1 aromatic carbocycles. The minimum atomic E-state index is -0.565. The molecule has 0 N–H and O–H groups in total. The van der Waals surface area contributed by atoms with Gasteiger partial charge >= 0.3 is 5.97 Å². The standard InChI is InChI=1S/C19H21NO3/c1-13-7-8-14(2)20(13)16-11-9-15(10-12-16)19(22)23-18-6-4-3-5-17(18)21/h7-12,18H,3-6H2,1-2H3. The van der Waals surface area contributed by atoms with E-state index in [2.05, 4.69) is 16.7 Å². The number of carbonyl (C=O) groups excluding carboxylic acids is 2. The smallest absolute Gasteiger partial charge is 0.338 e. The highest BCUT2D eigenvalue weighted by molar-refractivity contribution is 5.93. The van der Waals surface area contributed by atoms with Crippen LogP contribution in [0, 0.1) is 13.8 Å². The van der Waals surface area contributed by atoms with E-state index in [1.54, 1.807) is 12.1 Å². The number of hydrogen-bond acceptors (Lipinski definition) is 3. The van der Waals surface area contributed by atoms with E-state index in [9.17, 15) is 9.59 Å². The Bertz CT molecular complexity index is 708. The highest BCUT2D eigenvalue weighted by Crippen LogP contribution is 2.20. The van der Waals surface area contributed by atoms with Crippen molar-refractivity contribution in [2.24, 2.45) is 0 Å². The predicted molar refractivity (Wildman–Crippen MR) is 87.9 cm³/mol. The molecule has 1 fully saturated rings. The molecular weight excluding hydrogens is 290 g/mol. The number of benzene rings is 1. The Morgan fingerprint density at radius 1 is 1.04 bits per heavy atom. The second-order valence-electron chi connectivity index (χ2n) is 6.10. The van der Waals surface area contributed by atoms with Gasteiger partial charge in [0, 0.05) is 23.5 Å². The zero-order chi connectivity index (χ0) is 16.4. The average Bonchev–Trinajstić information content (AvgIpc) is 2.88. The molecule has 2 aromatic rings. The SMILES string of the molecule is Cc1ccc(C)n1-c1ccc(C(=O)OC2CCCCC2=O)cc1. The number of aryl methyl sites for hydroxylation is 2. The lowest BCUT2D eigenvalue weighted by Gasteiger charge is -2.20. The Morgan fingerprint density at radius 2 is 1.70 bits per heavy atom. The highest BCUT2D eigenvalue weighted by Gasteiger charge is 2.26. The Labute approximate surface area is 136 Å². The largest absolute Gasteiger partial charge is 0.451 e. The van der Waals surface area contributed by atoms with Crippen LogP contribution in [0.1, 0.15) is 47.4 Å². The van der Waals surface area contributed by atoms with Crippen LogP contribution in [0.2, 0.25) is 0 Å². The van der Waals surface area contributed by atoms with Crippen molar-refractivity contribution in [2.75, 3.05) is 0 Å². The van der Waals surface area contributed by atoms with E-state index >= 15 is 0 Å². The molecule has 1 atom stereocenters. The summed E-state index contributed by atoms with van der Waals surface area (Å²) in [5.74, 6) is -0.377. The van der Waals surface area contributed by atoms with Gasteiger partial charge in [-0.3, -0.25) is 4.79 Å². The van der Waals surface area contributed by atoms with Gasteiger partial charge in [-0.15, -0.1) is 0 Å². The van der Waals surface area contributed by atoms with Gasteiger partial charge in [-0.1, -0.05) is 0 Å². The quantitative estimate of drug-likeness (QED) is 0.811. The van der Waals surface area contributed by atoms with Gasteiger partial charge in [-0.25, -0.2) is 4.79 Å². The third-order valence-corrected chi connectivity index (χ3v) is 4.38. The van der Waals surface area contributed by atoms with Gasteiger partial charge in [-0.05, 0) is 69.5 Å². The molecule has 1 aliphatic carbocycles. The number of rotatable bonds is 3. The van der Waals surface area contributed by atoms with E-state index in [-0.39, 0.29) is 5.78 Å². The van der Waals surface area contributed by atoms with Crippen LogP contribution in [0.25, 0.3) is 5.69 Å². The molecule has 4 nitrogen and oxygen atoms in total. The minimum Gasteiger partial charge on any atom is -0.451 e. The van der Waals surface area contributed by atoms with Crippen molar-refractivity contribution in [3.63, 3.8) is 0 Å². The van der Waals surface area contributed by atoms with Gasteiger partial charge < -0.3 is 9.30 Å². The molecule has 1 aromatic heterocycles. The fraction of sp³-hybridized carbons (Fsp3) is 0.368. The number of ketones is 1. The number of nitrogens with zero attached hydrogens (tertiary/aromatic N) is 1. The molecule has 1 saturated carbocycles. The van der Waals surface area contributed by atoms with Crippen LogP contribution < -0.4 is 0 Å². The maximum absolute atomic E-state index is 12.2. The summed E-state index contributed by atoms with van der Waals surface area (Å²) >= 11 is 0. The Morgan fingerprint density at radius 3 is 2.30 bits per heavy atom. The second-order valence-corrected chi connectivity index (χ2v) is 6.10. The van der Waals surface area contributed by atoms with E-state index in [1.807, 2.05) is 26.0 Å². The third kappa shape index (κ3) is 3.21. The maximum atomic E-state index is 12.2. The van der Waals surface area contributed by atoms with Crippen molar-refractivity contribution in [3.8, 4) is 5.69 Å². The second kappa shape index (κ2) is 6.41. The zero-order valence-electron chi connectivity index (χ0n) is 13.5. The average molecular weight is 311 g/mol. The molecule has 120 valence electrons. The summed E-state index contributed by atoms with van der Waals surface area (Å²) in [6, 6.07) is 11.4. The number of hydrogen-bond donors (Lipinski definition) is 0. The minimum absolute atomic E-state index is 0.0415. The lowest BCUT2D eigenvalue weighted by Crippen LogP contribution is -2.30. The van der Waals surface area contributed by atoms with E-state index in [4.69, 9.17) is 4.74 Å². The molecule has 0 bridgehead atoms. The van der Waals surface area contributed by atoms with Gasteiger partial charge in [0.2, 0.25) is 0 Å². The van der Waals surface area contributed by atoms with Crippen LogP contribution >= 0.6 is 0 Å². The first-order valence-electron chi connectivity index (χ1n) is 8.05. The van der Waals surface area contributed by atoms with Crippen molar-refractivity contribution in [1.29, 1.82) is 0 Å². The van der Waals surface area contributed by atoms with E-state index < -0.39 is 12.1 Å². The zero-order valence-corrected chi connectivity index (χ0v) is 13.5. The lowest BCUT2D eigenvalue weighted by atomic mass is 9.96. The first-order valence-corrected chi connectivity index (χ1v) is 8.05. The summed E-state index contributed by atoms with van der Waals surface area (Å²) in [6.45, 7) is 4.09. The van der Waals surface area contributed by atoms with Crippen LogP contribution in [0.3, 0.4) is 0 Å². The monoisotopic (exact) mass is 311 g/mol. The number of Topliss-reactive ketones (excluding diaryl/α,β-unsaturated/α-hetero) is 1. The number of aromatic nitrogens is 1. The maximum Gasteiger partial charge on any atom is 0.338 e. The molecule has 0 saturated heterocycles. The number of carbonyl (C=O) groups is 2. The Balaban J connectivity index is 1.74. The molecular formula is C19H21NO3. The van der Waals surface area contributed by atoms with E-state index in [0.717, 1.165) is 29.9 Å². The fourth-order valence-electron chi connectivity index (χ4n) is 3.10. The van der Waals surface area contributed by atoms with Crippen molar-refractivity contribution in [1.82, 2.24) is 4.57 Å². The van der Waals surface area contributed by atoms with E-state index in [0.29, 0.717) is 18.4 Å². The van der Waals surface area contributed by atoms with Crippen LogP contribution in [-0.4, -0.2) is 22.4 Å². The third-order valence-electron chi connectivity index (χ3n) is 4.38. The molecule has 1 unspecified atom stereocenters. The summed E-state index contributed by atoms with van der Waals surface area (Å²) in [6.07, 6.45) is 2.43. The normalized spacial score (nSPS) is 18.0. The lowest BCUT2D eigenvalue weighted by molar-refractivity contribution is -0.129. The molecule has 0 aliphatic heterocycles. The van der Waals surface area contributed by atoms with Crippen molar-refractivity contribution in [3.05, 3.63) is 53.3 Å². The van der Waals surface area contributed by atoms with Crippen LogP contribution in [-0.2, 0) is 9.53 Å². The van der Waals surface area contributed by atoms with Crippen molar-refractivity contribution >= 4 is 11.8 Å². The number of ether oxygens (including phenoxy) is 1. The Kier molecular flexibility index (Phi) is 4.33. The van der Waals surface area contributed by atoms with Crippen molar-refractivity contribution in [2.45, 2.75) is 45.6 Å². The number of esters is 1. The highest BCUT2D eigenvalue weighted by atomic mass is 16.5. The first kappa shape index (κ1) is 15.5. The van der Waals surface area contributed by atoms with Crippen LogP contribution in [0.4, 0.5) is 0 Å². The van der Waals surface area contributed by atoms with Crippen molar-refractivity contribution < 1.29 is 14.3 Å². The fourth-order valence-corrected chi connectivity index (χ4v) is 3.10. The molecule has 0 spiro atoms. The molecule has 4 heteroatoms. The van der Waals surface area contributed by atoms with Gasteiger partial charge in [0.05, 0.1) is 5.56 Å². The molecule has 1 heterocycles. The van der Waals surface area contributed by atoms with Gasteiger partial charge in [-0.2, -0.15) is 0 Å². The first-order chi connectivity index (χ1) is 11.1. The van der Waals surface area contributed by atoms with Gasteiger partial charge in [0.1, 0.15) is 0 Å². The van der Waals surface area contributed by atoms with Crippen LogP contribution in [0.5, 0.6) is 0 Å². The summed E-state index contributed by atoms with van der Waals surface area (Å²) in [4.78, 5) is 24.0. The summed E-state index contributed by atoms with van der Waals surface area (Å²) in [7, 11) is 0. The van der Waals surface area contributed by atoms with Gasteiger partial charge in [0.25, 0.3) is 0 Å². The topological polar surface area (TPSA) is 48.3 Å². The molecule has 1 aliphatic rings. The molecule has 23 heavy (non-hydrogen) atoms. The summed E-state index contributed by atoms with van der Waals surface area (Å²) in [5.41, 5.74) is 3.78.